The van der Waals surface area contributed by atoms with Crippen LogP contribution in [0, 0.1) is 20.8 Å². The van der Waals surface area contributed by atoms with Gasteiger partial charge in [0.2, 0.25) is 0 Å². The maximum atomic E-state index is 12.9. The van der Waals surface area contributed by atoms with E-state index in [1.807, 2.05) is 25.1 Å². The van der Waals surface area contributed by atoms with Crippen LogP contribution in [-0.4, -0.2) is 46.1 Å². The Morgan fingerprint density at radius 1 is 0.969 bits per heavy atom. The van der Waals surface area contributed by atoms with Crippen LogP contribution in [0.25, 0.3) is 10.9 Å². The van der Waals surface area contributed by atoms with E-state index < -0.39 is 0 Å². The molecule has 2 aromatic carbocycles. The normalized spacial score (nSPS) is 11.2. The Bertz CT molecular complexity index is 1130. The number of pyridine rings is 1. The van der Waals surface area contributed by atoms with E-state index >= 15 is 0 Å². The fourth-order valence-electron chi connectivity index (χ4n) is 3.95. The number of fused-ring (bicyclic) bond motifs is 1. The van der Waals surface area contributed by atoms with Gasteiger partial charge in [-0.2, -0.15) is 0 Å². The molecule has 0 amide bonds. The van der Waals surface area contributed by atoms with Gasteiger partial charge in [-0.1, -0.05) is 43.2 Å². The average molecular weight is 451 g/mol. The molecule has 0 unspecified atom stereocenters. The van der Waals surface area contributed by atoms with Gasteiger partial charge >= 0.3 is 0 Å². The molecule has 3 rings (SSSR count). The maximum absolute atomic E-state index is 12.9. The molecule has 5 nitrogen and oxygen atoms in total. The lowest BCUT2D eigenvalue weighted by molar-refractivity contribution is 0.266. The van der Waals surface area contributed by atoms with E-state index in [9.17, 15) is 4.79 Å². The third kappa shape index (κ3) is 5.96. The monoisotopic (exact) mass is 450 g/mol. The summed E-state index contributed by atoms with van der Waals surface area (Å²) in [6.07, 6.45) is 0. The molecule has 2 N–H and O–H groups in total. The first-order valence-corrected chi connectivity index (χ1v) is 11.7. The number of anilines is 1. The van der Waals surface area contributed by atoms with E-state index in [0.29, 0.717) is 11.7 Å². The minimum atomic E-state index is -0.0598. The zero-order chi connectivity index (χ0) is 23.3. The van der Waals surface area contributed by atoms with Gasteiger partial charge in [-0.25, -0.2) is 0 Å². The highest BCUT2D eigenvalue weighted by molar-refractivity contribution is 7.80. The fourth-order valence-corrected chi connectivity index (χ4v) is 4.22. The van der Waals surface area contributed by atoms with Crippen LogP contribution in [-0.2, 0) is 6.54 Å². The summed E-state index contributed by atoms with van der Waals surface area (Å²) in [5, 5.41) is 5.03. The minimum Gasteiger partial charge on any atom is -0.343 e. The molecular weight excluding hydrogens is 416 g/mol. The third-order valence-corrected chi connectivity index (χ3v) is 6.26. The van der Waals surface area contributed by atoms with E-state index in [4.69, 9.17) is 12.2 Å². The second-order valence-corrected chi connectivity index (χ2v) is 8.80. The number of thiocarbonyl (C=S) groups is 1. The highest BCUT2D eigenvalue weighted by atomic mass is 32.1. The number of benzene rings is 2. The summed E-state index contributed by atoms with van der Waals surface area (Å²) in [7, 11) is 0. The first kappa shape index (κ1) is 24.0. The zero-order valence-corrected chi connectivity index (χ0v) is 20.6. The molecule has 0 fully saturated rings. The van der Waals surface area contributed by atoms with Crippen molar-refractivity contribution in [2.45, 2.75) is 41.2 Å². The zero-order valence-electron chi connectivity index (χ0n) is 19.8. The fraction of sp³-hybridized carbons (Fsp3) is 0.385. The molecule has 0 saturated carbocycles. The highest BCUT2D eigenvalue weighted by Gasteiger charge is 2.15. The molecule has 0 aliphatic rings. The van der Waals surface area contributed by atoms with Crippen molar-refractivity contribution in [2.24, 2.45) is 0 Å². The summed E-state index contributed by atoms with van der Waals surface area (Å²) in [4.78, 5) is 20.5. The molecule has 0 atom stereocenters. The lowest BCUT2D eigenvalue weighted by Crippen LogP contribution is -2.41. The number of likely N-dealkylation sites (N-methyl/N-ethyl adjacent to an activating group) is 1. The number of nitrogens with zero attached hydrogens (tertiary/aromatic N) is 2. The van der Waals surface area contributed by atoms with Gasteiger partial charge in [0.05, 0.1) is 12.1 Å². The number of hydrogen-bond acceptors (Lipinski definition) is 3. The standard InChI is InChI=1S/C26H34N4OS/c1-6-29(7-2)12-13-30(26(32)27-23-10-8-18(3)9-11-23)17-22-16-21-15-19(4)14-20(5)24(21)28-25(22)31/h8-11,14-16H,6-7,12-13,17H2,1-5H3,(H,27,32)(H,28,31). The number of nitrogens with one attached hydrogen (secondary N) is 2. The summed E-state index contributed by atoms with van der Waals surface area (Å²) < 4.78 is 0. The molecule has 0 saturated heterocycles. The van der Waals surface area contributed by atoms with E-state index in [-0.39, 0.29) is 5.56 Å². The van der Waals surface area contributed by atoms with Crippen LogP contribution in [0.2, 0.25) is 0 Å². The SMILES string of the molecule is CCN(CC)CCN(Cc1cc2cc(C)cc(C)c2[nH]c1=O)C(=S)Nc1ccc(C)cc1. The third-order valence-electron chi connectivity index (χ3n) is 5.90. The first-order valence-electron chi connectivity index (χ1n) is 11.3. The smallest absolute Gasteiger partial charge is 0.253 e. The van der Waals surface area contributed by atoms with Gasteiger partial charge in [0.15, 0.2) is 5.11 Å². The number of rotatable bonds is 8. The number of aromatic amines is 1. The van der Waals surface area contributed by atoms with Gasteiger partial charge < -0.3 is 20.1 Å². The second-order valence-electron chi connectivity index (χ2n) is 8.41. The molecule has 0 aliphatic carbocycles. The van der Waals surface area contributed by atoms with E-state index in [2.05, 4.69) is 72.1 Å². The number of hydrogen-bond donors (Lipinski definition) is 2. The largest absolute Gasteiger partial charge is 0.343 e. The predicted molar refractivity (Wildman–Crippen MR) is 140 cm³/mol. The van der Waals surface area contributed by atoms with Crippen LogP contribution in [0.1, 0.15) is 36.1 Å². The van der Waals surface area contributed by atoms with Crippen LogP contribution in [0.15, 0.2) is 47.3 Å². The predicted octanol–water partition coefficient (Wildman–Crippen LogP) is 4.99. The second kappa shape index (κ2) is 10.7. The molecule has 3 aromatic rings. The van der Waals surface area contributed by atoms with Crippen LogP contribution >= 0.6 is 12.2 Å². The summed E-state index contributed by atoms with van der Waals surface area (Å²) >= 11 is 5.78. The topological polar surface area (TPSA) is 51.4 Å². The summed E-state index contributed by atoms with van der Waals surface area (Å²) in [5.41, 5.74) is 5.98. The van der Waals surface area contributed by atoms with Crippen LogP contribution in [0.3, 0.4) is 0 Å². The number of aryl methyl sites for hydroxylation is 3. The van der Waals surface area contributed by atoms with Crippen molar-refractivity contribution in [3.63, 3.8) is 0 Å². The number of aromatic nitrogens is 1. The molecule has 6 heteroatoms. The minimum absolute atomic E-state index is 0.0598. The van der Waals surface area contributed by atoms with Crippen molar-refractivity contribution >= 4 is 33.9 Å². The quantitative estimate of drug-likeness (QED) is 0.473. The van der Waals surface area contributed by atoms with E-state index in [0.717, 1.165) is 53.9 Å². The van der Waals surface area contributed by atoms with Gasteiger partial charge in [0, 0.05) is 24.3 Å². The van der Waals surface area contributed by atoms with Crippen molar-refractivity contribution in [1.82, 2.24) is 14.8 Å². The first-order chi connectivity index (χ1) is 15.3. The van der Waals surface area contributed by atoms with Gasteiger partial charge in [-0.3, -0.25) is 4.79 Å². The van der Waals surface area contributed by atoms with Crippen molar-refractivity contribution < 1.29 is 0 Å². The molecule has 32 heavy (non-hydrogen) atoms. The van der Waals surface area contributed by atoms with E-state index in [1.54, 1.807) is 0 Å². The Labute approximate surface area is 196 Å². The lowest BCUT2D eigenvalue weighted by atomic mass is 10.1. The van der Waals surface area contributed by atoms with Crippen LogP contribution in [0.5, 0.6) is 0 Å². The van der Waals surface area contributed by atoms with Gasteiger partial charge in [0.25, 0.3) is 5.56 Å². The molecule has 0 radical (unpaired) electrons. The Kier molecular flexibility index (Phi) is 8.04. The summed E-state index contributed by atoms with van der Waals surface area (Å²) in [5.74, 6) is 0. The van der Waals surface area contributed by atoms with Crippen molar-refractivity contribution in [1.29, 1.82) is 0 Å². The lowest BCUT2D eigenvalue weighted by Gasteiger charge is -2.29. The Morgan fingerprint density at radius 2 is 1.66 bits per heavy atom. The maximum Gasteiger partial charge on any atom is 0.253 e. The molecule has 0 aliphatic heterocycles. The average Bonchev–Trinajstić information content (AvgIpc) is 2.76. The summed E-state index contributed by atoms with van der Waals surface area (Å²) in [6, 6.07) is 14.4. The van der Waals surface area contributed by atoms with Crippen LogP contribution < -0.4 is 10.9 Å². The molecule has 0 bridgehead atoms. The van der Waals surface area contributed by atoms with E-state index in [1.165, 1.54) is 11.1 Å². The number of H-pyrrole nitrogens is 1. The Balaban J connectivity index is 1.88. The Hall–Kier alpha value is -2.70. The molecular formula is C26H34N4OS. The molecule has 1 aromatic heterocycles. The highest BCUT2D eigenvalue weighted by Crippen LogP contribution is 2.19. The van der Waals surface area contributed by atoms with Crippen molar-refractivity contribution in [3.05, 3.63) is 75.1 Å². The molecule has 1 heterocycles. The van der Waals surface area contributed by atoms with Crippen molar-refractivity contribution in [3.8, 4) is 0 Å². The molecule has 0 spiro atoms. The van der Waals surface area contributed by atoms with Gasteiger partial charge in [-0.15, -0.1) is 0 Å². The Morgan fingerprint density at radius 3 is 2.31 bits per heavy atom. The van der Waals surface area contributed by atoms with Gasteiger partial charge in [0.1, 0.15) is 0 Å². The van der Waals surface area contributed by atoms with Crippen LogP contribution in [0.4, 0.5) is 5.69 Å². The van der Waals surface area contributed by atoms with Gasteiger partial charge in [-0.05, 0) is 81.3 Å². The van der Waals surface area contributed by atoms with Crippen molar-refractivity contribution in [2.75, 3.05) is 31.5 Å². The molecule has 170 valence electrons. The summed E-state index contributed by atoms with van der Waals surface area (Å²) in [6.45, 7) is 14.5.